The lowest BCUT2D eigenvalue weighted by Gasteiger charge is -2.26. The molecule has 41 heavy (non-hydrogen) atoms. The number of amides is 1. The third-order valence-electron chi connectivity index (χ3n) is 6.94. The number of hydrogen-bond acceptors (Lipinski definition) is 5. The van der Waals surface area contributed by atoms with Crippen molar-refractivity contribution in [3.63, 3.8) is 0 Å². The molecule has 0 saturated heterocycles. The van der Waals surface area contributed by atoms with Crippen molar-refractivity contribution in [1.82, 2.24) is 5.32 Å². The molecule has 1 unspecified atom stereocenters. The summed E-state index contributed by atoms with van der Waals surface area (Å²) in [5.74, 6) is 0.764. The Labute approximate surface area is 248 Å². The number of fused-ring (bicyclic) bond motifs is 3. The van der Waals surface area contributed by atoms with E-state index in [4.69, 9.17) is 26.1 Å². The number of thiocarbonyl (C=S) groups is 1. The summed E-state index contributed by atoms with van der Waals surface area (Å²) in [6.07, 6.45) is -0.0341. The highest BCUT2D eigenvalue weighted by molar-refractivity contribution is 7.80. The third kappa shape index (κ3) is 7.42. The Bertz CT molecular complexity index is 1460. The van der Waals surface area contributed by atoms with Gasteiger partial charge in [0.15, 0.2) is 5.05 Å². The van der Waals surface area contributed by atoms with Crippen molar-refractivity contribution in [1.29, 1.82) is 0 Å². The fraction of sp³-hybridized carbons (Fsp3) is 0.235. The van der Waals surface area contributed by atoms with Gasteiger partial charge < -0.3 is 19.2 Å². The van der Waals surface area contributed by atoms with Crippen LogP contribution in [0.1, 0.15) is 28.2 Å². The van der Waals surface area contributed by atoms with Gasteiger partial charge >= 0.3 is 6.09 Å². The van der Waals surface area contributed by atoms with Gasteiger partial charge in [0.1, 0.15) is 25.0 Å². The lowest BCUT2D eigenvalue weighted by atomic mass is 9.98. The van der Waals surface area contributed by atoms with E-state index in [-0.39, 0.29) is 12.5 Å². The van der Waals surface area contributed by atoms with Crippen LogP contribution in [0.15, 0.2) is 103 Å². The van der Waals surface area contributed by atoms with Gasteiger partial charge in [0.25, 0.3) is 0 Å². The first-order valence-corrected chi connectivity index (χ1v) is 17.7. The molecule has 0 spiro atoms. The van der Waals surface area contributed by atoms with Crippen LogP contribution in [0.5, 0.6) is 5.75 Å². The van der Waals surface area contributed by atoms with E-state index < -0.39 is 20.5 Å². The maximum Gasteiger partial charge on any atom is 0.407 e. The molecule has 0 radical (unpaired) electrons. The number of rotatable bonds is 10. The highest BCUT2D eigenvalue weighted by Gasteiger charge is 2.30. The summed E-state index contributed by atoms with van der Waals surface area (Å²) < 4.78 is 17.9. The molecule has 5 nitrogen and oxygen atoms in total. The average Bonchev–Trinajstić information content (AvgIpc) is 3.28. The van der Waals surface area contributed by atoms with E-state index in [9.17, 15) is 4.79 Å². The molecule has 0 saturated carbocycles. The summed E-state index contributed by atoms with van der Waals surface area (Å²) in [4.78, 5) is 13.1. The minimum Gasteiger partial charge on any atom is -0.538 e. The van der Waals surface area contributed by atoms with Crippen LogP contribution in [0.3, 0.4) is 0 Å². The Hall–Kier alpha value is -3.94. The molecule has 0 heterocycles. The number of carbonyl (C=O) groups is 1. The molecule has 0 bridgehead atoms. The number of nitrogens with one attached hydrogen (secondary N) is 1. The predicted octanol–water partition coefficient (Wildman–Crippen LogP) is 7.89. The molecule has 4 aromatic rings. The minimum absolute atomic E-state index is 0.0137. The number of carbonyl (C=O) groups excluding carboxylic acids is 1. The van der Waals surface area contributed by atoms with Crippen LogP contribution in [-0.4, -0.2) is 32.1 Å². The lowest BCUT2D eigenvalue weighted by Crippen LogP contribution is -2.46. The molecule has 4 aromatic carbocycles. The van der Waals surface area contributed by atoms with Crippen LogP contribution in [0, 0.1) is 0 Å². The van der Waals surface area contributed by atoms with Gasteiger partial charge in [-0.15, -0.1) is 0 Å². The van der Waals surface area contributed by atoms with Crippen LogP contribution in [0.2, 0.25) is 19.6 Å². The van der Waals surface area contributed by atoms with E-state index in [0.29, 0.717) is 18.1 Å². The van der Waals surface area contributed by atoms with Gasteiger partial charge in [-0.25, -0.2) is 4.79 Å². The quantitative estimate of drug-likeness (QED) is 0.152. The molecule has 1 atom stereocenters. The van der Waals surface area contributed by atoms with Crippen LogP contribution >= 0.6 is 12.2 Å². The van der Waals surface area contributed by atoms with Crippen molar-refractivity contribution in [2.45, 2.75) is 44.6 Å². The largest absolute Gasteiger partial charge is 0.538 e. The number of benzene rings is 4. The summed E-state index contributed by atoms with van der Waals surface area (Å²) in [7, 11) is -1.98. The normalized spacial score (nSPS) is 13.0. The zero-order valence-corrected chi connectivity index (χ0v) is 25.4. The van der Waals surface area contributed by atoms with Crippen molar-refractivity contribution < 1.29 is 18.7 Å². The minimum atomic E-state index is -1.98. The molecular formula is C34H35NO4SSi. The van der Waals surface area contributed by atoms with Gasteiger partial charge in [0.05, 0.1) is 0 Å². The second-order valence-corrected chi connectivity index (χ2v) is 16.0. The van der Waals surface area contributed by atoms with Crippen LogP contribution in [0.4, 0.5) is 4.79 Å². The average molecular weight is 582 g/mol. The van der Waals surface area contributed by atoms with Gasteiger partial charge in [0, 0.05) is 12.3 Å². The maximum atomic E-state index is 13.1. The number of ether oxygens (including phenoxy) is 2. The summed E-state index contributed by atoms with van der Waals surface area (Å²) in [5.41, 5.74) is 6.84. The summed E-state index contributed by atoms with van der Waals surface area (Å²) in [6.45, 7) is 6.95. The fourth-order valence-corrected chi connectivity index (χ4v) is 6.68. The summed E-state index contributed by atoms with van der Waals surface area (Å²) >= 11 is 5.68. The van der Waals surface area contributed by atoms with Gasteiger partial charge in [0.2, 0.25) is 8.32 Å². The zero-order valence-electron chi connectivity index (χ0n) is 23.6. The van der Waals surface area contributed by atoms with E-state index >= 15 is 0 Å². The van der Waals surface area contributed by atoms with Gasteiger partial charge in [-0.2, -0.15) is 0 Å². The van der Waals surface area contributed by atoms with E-state index in [1.807, 2.05) is 78.9 Å². The van der Waals surface area contributed by atoms with Gasteiger partial charge in [-0.3, -0.25) is 0 Å². The van der Waals surface area contributed by atoms with Crippen LogP contribution in [0.25, 0.3) is 11.1 Å². The molecule has 5 rings (SSSR count). The van der Waals surface area contributed by atoms with Crippen molar-refractivity contribution >= 4 is 31.7 Å². The first-order chi connectivity index (χ1) is 19.8. The maximum absolute atomic E-state index is 13.1. The molecule has 1 aliphatic rings. The Balaban J connectivity index is 1.23. The topological polar surface area (TPSA) is 56.8 Å². The SMILES string of the molecule is C[Si](C)(C)OC(=S)C(Cc1ccc(OCc2ccccc2)cc1)NC(=O)OCC1c2ccccc2-c2ccccc21. The van der Waals surface area contributed by atoms with Crippen LogP contribution in [-0.2, 0) is 22.2 Å². The molecule has 0 aliphatic heterocycles. The second kappa shape index (κ2) is 12.7. The standard InChI is InChI=1S/C34H35NO4SSi/c1-41(2,3)39-33(40)32(21-24-17-19-26(20-18-24)37-22-25-11-5-4-6-12-25)35-34(36)38-23-31-29-15-9-7-13-27(29)28-14-8-10-16-30(28)31/h4-20,31-32H,21-23H2,1-3H3,(H,35,36). The molecule has 0 fully saturated rings. The Kier molecular flexibility index (Phi) is 8.86. The first-order valence-electron chi connectivity index (χ1n) is 13.9. The summed E-state index contributed by atoms with van der Waals surface area (Å²) in [5, 5.41) is 3.36. The number of hydrogen-bond donors (Lipinski definition) is 1. The van der Waals surface area contributed by atoms with E-state index in [2.05, 4.69) is 49.2 Å². The van der Waals surface area contributed by atoms with E-state index in [1.54, 1.807) is 0 Å². The molecule has 7 heteroatoms. The Morgan fingerprint density at radius 1 is 0.805 bits per heavy atom. The first kappa shape index (κ1) is 28.6. The number of alkyl carbamates (subject to hydrolysis) is 1. The summed E-state index contributed by atoms with van der Waals surface area (Å²) in [6, 6.07) is 34.0. The molecule has 1 N–H and O–H groups in total. The smallest absolute Gasteiger partial charge is 0.407 e. The third-order valence-corrected chi connectivity index (χ3v) is 8.29. The second-order valence-electron chi connectivity index (χ2n) is 11.2. The zero-order chi connectivity index (χ0) is 28.8. The lowest BCUT2D eigenvalue weighted by molar-refractivity contribution is 0.141. The highest BCUT2D eigenvalue weighted by atomic mass is 32.1. The van der Waals surface area contributed by atoms with Crippen molar-refractivity contribution in [3.05, 3.63) is 125 Å². The van der Waals surface area contributed by atoms with Gasteiger partial charge in [-0.1, -0.05) is 91.0 Å². The predicted molar refractivity (Wildman–Crippen MR) is 170 cm³/mol. The van der Waals surface area contributed by atoms with Crippen molar-refractivity contribution in [2.75, 3.05) is 6.61 Å². The van der Waals surface area contributed by atoms with E-state index in [0.717, 1.165) is 16.9 Å². The fourth-order valence-electron chi connectivity index (χ4n) is 5.05. The Morgan fingerprint density at radius 2 is 1.39 bits per heavy atom. The highest BCUT2D eigenvalue weighted by Crippen LogP contribution is 2.44. The monoisotopic (exact) mass is 581 g/mol. The van der Waals surface area contributed by atoms with Gasteiger partial charge in [-0.05, 0) is 77.4 Å². The van der Waals surface area contributed by atoms with Crippen molar-refractivity contribution in [3.8, 4) is 16.9 Å². The molecule has 210 valence electrons. The molecule has 1 amide bonds. The Morgan fingerprint density at radius 3 is 2.00 bits per heavy atom. The molecule has 0 aromatic heterocycles. The van der Waals surface area contributed by atoms with Crippen LogP contribution < -0.4 is 10.1 Å². The van der Waals surface area contributed by atoms with E-state index in [1.165, 1.54) is 22.3 Å². The van der Waals surface area contributed by atoms with Crippen molar-refractivity contribution in [2.24, 2.45) is 0 Å². The molecular weight excluding hydrogens is 547 g/mol. The molecule has 1 aliphatic carbocycles.